The Morgan fingerprint density at radius 2 is 2.11 bits per heavy atom. The maximum Gasteiger partial charge on any atom is 0.222 e. The van der Waals surface area contributed by atoms with Crippen molar-refractivity contribution in [3.63, 3.8) is 0 Å². The molecule has 2 rings (SSSR count). The van der Waals surface area contributed by atoms with E-state index in [1.807, 2.05) is 0 Å². The van der Waals surface area contributed by atoms with Gasteiger partial charge < -0.3 is 10.2 Å². The van der Waals surface area contributed by atoms with Crippen molar-refractivity contribution in [1.82, 2.24) is 10.2 Å². The van der Waals surface area contributed by atoms with Crippen molar-refractivity contribution < 1.29 is 4.79 Å². The van der Waals surface area contributed by atoms with Crippen molar-refractivity contribution in [2.24, 2.45) is 11.8 Å². The summed E-state index contributed by atoms with van der Waals surface area (Å²) in [5, 5.41) is 3.57. The van der Waals surface area contributed by atoms with E-state index in [0.717, 1.165) is 44.4 Å². The molecular formula is C16H30N2O. The monoisotopic (exact) mass is 266 g/mol. The largest absolute Gasteiger partial charge is 0.342 e. The van der Waals surface area contributed by atoms with Crippen LogP contribution >= 0.6 is 0 Å². The highest BCUT2D eigenvalue weighted by atomic mass is 16.2. The second kappa shape index (κ2) is 7.28. The van der Waals surface area contributed by atoms with E-state index in [-0.39, 0.29) is 0 Å². The number of hydrogen-bond donors (Lipinski definition) is 1. The molecular weight excluding hydrogens is 236 g/mol. The van der Waals surface area contributed by atoms with Gasteiger partial charge in [-0.2, -0.15) is 0 Å². The van der Waals surface area contributed by atoms with Crippen LogP contribution in [0.4, 0.5) is 0 Å². The Bertz CT molecular complexity index is 288. The highest BCUT2D eigenvalue weighted by molar-refractivity contribution is 5.76. The molecule has 0 spiro atoms. The molecule has 0 bridgehead atoms. The fourth-order valence-electron chi connectivity index (χ4n) is 3.08. The maximum absolute atomic E-state index is 12.2. The van der Waals surface area contributed by atoms with E-state index in [4.69, 9.17) is 0 Å². The fourth-order valence-corrected chi connectivity index (χ4v) is 3.08. The van der Waals surface area contributed by atoms with Crippen LogP contribution in [-0.2, 0) is 4.79 Å². The smallest absolute Gasteiger partial charge is 0.222 e. The summed E-state index contributed by atoms with van der Waals surface area (Å²) in [4.78, 5) is 14.3. The Kier molecular flexibility index (Phi) is 5.68. The number of nitrogens with zero attached hydrogens (tertiary/aromatic N) is 1. The molecule has 110 valence electrons. The first-order valence-electron chi connectivity index (χ1n) is 8.20. The minimum atomic E-state index is 0.386. The first kappa shape index (κ1) is 14.8. The molecule has 2 fully saturated rings. The second-order valence-electron chi connectivity index (χ2n) is 6.61. The van der Waals surface area contributed by atoms with Crippen LogP contribution < -0.4 is 5.32 Å². The molecule has 1 saturated carbocycles. The zero-order valence-electron chi connectivity index (χ0n) is 12.7. The Labute approximate surface area is 118 Å². The van der Waals surface area contributed by atoms with Gasteiger partial charge in [0.25, 0.3) is 0 Å². The van der Waals surface area contributed by atoms with Crippen molar-refractivity contribution in [3.05, 3.63) is 0 Å². The summed E-state index contributed by atoms with van der Waals surface area (Å²) in [6, 6.07) is 0.774. The number of amides is 1. The molecule has 1 saturated heterocycles. The van der Waals surface area contributed by atoms with Crippen LogP contribution in [0, 0.1) is 11.8 Å². The predicted molar refractivity (Wildman–Crippen MR) is 79.0 cm³/mol. The highest BCUT2D eigenvalue weighted by Crippen LogP contribution is 2.23. The summed E-state index contributed by atoms with van der Waals surface area (Å²) < 4.78 is 0. The first-order valence-corrected chi connectivity index (χ1v) is 8.20. The minimum Gasteiger partial charge on any atom is -0.342 e. The van der Waals surface area contributed by atoms with Crippen molar-refractivity contribution in [2.75, 3.05) is 19.6 Å². The third-order valence-electron chi connectivity index (χ3n) is 4.49. The third kappa shape index (κ3) is 5.13. The van der Waals surface area contributed by atoms with Crippen LogP contribution in [0.15, 0.2) is 0 Å². The lowest BCUT2D eigenvalue weighted by atomic mass is 9.96. The quantitative estimate of drug-likeness (QED) is 0.768. The Hall–Kier alpha value is -0.570. The number of hydrogen-bond acceptors (Lipinski definition) is 2. The normalized spacial score (nSPS) is 26.3. The number of rotatable bonds is 7. The molecule has 3 nitrogen and oxygen atoms in total. The molecule has 2 unspecified atom stereocenters. The third-order valence-corrected chi connectivity index (χ3v) is 4.49. The molecule has 1 aliphatic carbocycles. The molecule has 0 aromatic heterocycles. The van der Waals surface area contributed by atoms with E-state index < -0.39 is 0 Å². The number of carbonyl (C=O) groups is 1. The van der Waals surface area contributed by atoms with Gasteiger partial charge in [-0.3, -0.25) is 4.79 Å². The number of likely N-dealkylation sites (tertiary alicyclic amines) is 1. The lowest BCUT2D eigenvalue weighted by Crippen LogP contribution is -2.37. The van der Waals surface area contributed by atoms with Gasteiger partial charge in [0.05, 0.1) is 0 Å². The summed E-state index contributed by atoms with van der Waals surface area (Å²) in [6.45, 7) is 7.49. The van der Waals surface area contributed by atoms with E-state index in [1.54, 1.807) is 0 Å². The van der Waals surface area contributed by atoms with E-state index in [0.29, 0.717) is 11.8 Å². The predicted octanol–water partition coefficient (Wildman–Crippen LogP) is 2.80. The molecule has 2 aliphatic rings. The number of nitrogens with one attached hydrogen (secondary N) is 1. The average Bonchev–Trinajstić information content (AvgIpc) is 3.21. The molecule has 19 heavy (non-hydrogen) atoms. The highest BCUT2D eigenvalue weighted by Gasteiger charge is 2.24. The topological polar surface area (TPSA) is 32.3 Å². The molecule has 1 amide bonds. The summed E-state index contributed by atoms with van der Waals surface area (Å²) in [5.41, 5.74) is 0. The lowest BCUT2D eigenvalue weighted by Gasteiger charge is -2.25. The fraction of sp³-hybridized carbons (Fsp3) is 0.938. The molecule has 1 N–H and O–H groups in total. The van der Waals surface area contributed by atoms with Gasteiger partial charge in [0.1, 0.15) is 0 Å². The minimum absolute atomic E-state index is 0.386. The molecule has 0 aromatic rings. The van der Waals surface area contributed by atoms with Crippen LogP contribution in [0.5, 0.6) is 0 Å². The van der Waals surface area contributed by atoms with Gasteiger partial charge >= 0.3 is 0 Å². The van der Waals surface area contributed by atoms with Crippen LogP contribution in [0.2, 0.25) is 0 Å². The zero-order valence-corrected chi connectivity index (χ0v) is 12.7. The molecule has 2 atom stereocenters. The molecule has 1 aliphatic heterocycles. The molecule has 0 radical (unpaired) electrons. The van der Waals surface area contributed by atoms with E-state index in [9.17, 15) is 4.79 Å². The zero-order chi connectivity index (χ0) is 13.7. The summed E-state index contributed by atoms with van der Waals surface area (Å²) >= 11 is 0. The summed E-state index contributed by atoms with van der Waals surface area (Å²) in [6.07, 6.45) is 8.32. The van der Waals surface area contributed by atoms with Crippen molar-refractivity contribution in [1.29, 1.82) is 0 Å². The first-order chi connectivity index (χ1) is 9.19. The molecule has 1 heterocycles. The average molecular weight is 266 g/mol. The SMILES string of the molecule is CCCC1CCC(=O)N(CC(C)CNC2CC2)CC1. The van der Waals surface area contributed by atoms with Gasteiger partial charge in [0, 0.05) is 25.6 Å². The van der Waals surface area contributed by atoms with E-state index in [2.05, 4.69) is 24.1 Å². The van der Waals surface area contributed by atoms with Gasteiger partial charge in [-0.1, -0.05) is 26.7 Å². The molecule has 0 aromatic carbocycles. The van der Waals surface area contributed by atoms with E-state index in [1.165, 1.54) is 32.1 Å². The van der Waals surface area contributed by atoms with Crippen molar-refractivity contribution in [2.45, 2.75) is 64.8 Å². The van der Waals surface area contributed by atoms with Crippen LogP contribution in [-0.4, -0.2) is 36.5 Å². The number of carbonyl (C=O) groups excluding carboxylic acids is 1. The van der Waals surface area contributed by atoms with Gasteiger partial charge in [-0.25, -0.2) is 0 Å². The summed E-state index contributed by atoms with van der Waals surface area (Å²) in [5.74, 6) is 1.74. The Morgan fingerprint density at radius 3 is 2.79 bits per heavy atom. The van der Waals surface area contributed by atoms with Gasteiger partial charge in [-0.05, 0) is 44.1 Å². The Morgan fingerprint density at radius 1 is 1.32 bits per heavy atom. The Balaban J connectivity index is 1.72. The molecule has 3 heteroatoms. The van der Waals surface area contributed by atoms with Gasteiger partial charge in [0.2, 0.25) is 5.91 Å². The lowest BCUT2D eigenvalue weighted by molar-refractivity contribution is -0.131. The van der Waals surface area contributed by atoms with Crippen LogP contribution in [0.1, 0.15) is 58.8 Å². The van der Waals surface area contributed by atoms with Crippen LogP contribution in [0.25, 0.3) is 0 Å². The summed E-state index contributed by atoms with van der Waals surface area (Å²) in [7, 11) is 0. The van der Waals surface area contributed by atoms with Gasteiger partial charge in [-0.15, -0.1) is 0 Å². The van der Waals surface area contributed by atoms with Crippen LogP contribution in [0.3, 0.4) is 0 Å². The van der Waals surface area contributed by atoms with E-state index >= 15 is 0 Å². The van der Waals surface area contributed by atoms with Crippen molar-refractivity contribution >= 4 is 5.91 Å². The maximum atomic E-state index is 12.2. The standard InChI is InChI=1S/C16H30N2O/c1-3-4-14-5-8-16(19)18(10-9-14)12-13(2)11-17-15-6-7-15/h13-15,17H,3-12H2,1-2H3. The van der Waals surface area contributed by atoms with Gasteiger partial charge in [0.15, 0.2) is 0 Å². The second-order valence-corrected chi connectivity index (χ2v) is 6.61. The van der Waals surface area contributed by atoms with Crippen molar-refractivity contribution in [3.8, 4) is 0 Å².